The first-order valence-corrected chi connectivity index (χ1v) is 4.94. The van der Waals surface area contributed by atoms with Crippen LogP contribution < -0.4 is 0 Å². The fourth-order valence-electron chi connectivity index (χ4n) is 2.53. The average molecular weight is 192 g/mol. The largest absolute Gasteiger partial charge is 0.508 e. The van der Waals surface area contributed by atoms with Crippen LogP contribution >= 0.6 is 0 Å². The first-order valence-electron chi connectivity index (χ1n) is 4.94. The van der Waals surface area contributed by atoms with Gasteiger partial charge in [-0.2, -0.15) is 0 Å². The van der Waals surface area contributed by atoms with Gasteiger partial charge in [0.2, 0.25) is 0 Å². The molecular weight excluding hydrogens is 180 g/mol. The summed E-state index contributed by atoms with van der Waals surface area (Å²) in [6, 6.07) is 3.13. The zero-order valence-corrected chi connectivity index (χ0v) is 7.73. The maximum atomic E-state index is 9.72. The predicted octanol–water partition coefficient (Wildman–Crippen LogP) is 1.87. The third-order valence-corrected chi connectivity index (χ3v) is 3.11. The minimum atomic E-state index is 0.0457. The minimum absolute atomic E-state index is 0.0457. The molecule has 2 N–H and O–H groups in total. The molecule has 14 heavy (non-hydrogen) atoms. The summed E-state index contributed by atoms with van der Waals surface area (Å²) in [4.78, 5) is 0. The average Bonchev–Trinajstić information content (AvgIpc) is 2.46. The Morgan fingerprint density at radius 1 is 1.21 bits per heavy atom. The monoisotopic (exact) mass is 192 g/mol. The molecule has 0 spiro atoms. The van der Waals surface area contributed by atoms with E-state index < -0.39 is 0 Å². The van der Waals surface area contributed by atoms with Crippen LogP contribution in [-0.2, 0) is 11.2 Å². The SMILES string of the molecule is Oc1cc(O)c2c(c1)C[C@H]1CC[C@@H]2O1. The fraction of sp³-hybridized carbons (Fsp3) is 0.455. The topological polar surface area (TPSA) is 49.7 Å². The second-order valence-electron chi connectivity index (χ2n) is 4.07. The van der Waals surface area contributed by atoms with E-state index in [0.717, 1.165) is 30.4 Å². The Morgan fingerprint density at radius 3 is 2.93 bits per heavy atom. The Labute approximate surface area is 81.9 Å². The Morgan fingerprint density at radius 2 is 2.07 bits per heavy atom. The van der Waals surface area contributed by atoms with Gasteiger partial charge < -0.3 is 14.9 Å². The fourth-order valence-corrected chi connectivity index (χ4v) is 2.53. The van der Waals surface area contributed by atoms with Crippen molar-refractivity contribution >= 4 is 0 Å². The maximum Gasteiger partial charge on any atom is 0.125 e. The lowest BCUT2D eigenvalue weighted by Gasteiger charge is -2.24. The molecule has 3 rings (SSSR count). The summed E-state index contributed by atoms with van der Waals surface area (Å²) in [5.74, 6) is 0.313. The number of phenolic OH excluding ortho intramolecular Hbond substituents is 2. The molecule has 0 aromatic heterocycles. The molecule has 0 aliphatic carbocycles. The number of fused-ring (bicyclic) bond motifs is 4. The van der Waals surface area contributed by atoms with E-state index in [1.807, 2.05) is 0 Å². The first kappa shape index (κ1) is 8.12. The van der Waals surface area contributed by atoms with Crippen molar-refractivity contribution in [3.8, 4) is 11.5 Å². The summed E-state index contributed by atoms with van der Waals surface area (Å²) in [6.07, 6.45) is 3.18. The molecule has 2 aliphatic rings. The van der Waals surface area contributed by atoms with Crippen LogP contribution in [0.15, 0.2) is 12.1 Å². The third kappa shape index (κ3) is 1.02. The Bertz CT molecular complexity index is 386. The van der Waals surface area contributed by atoms with Crippen LogP contribution in [0.3, 0.4) is 0 Å². The molecule has 1 saturated heterocycles. The van der Waals surface area contributed by atoms with Crippen molar-refractivity contribution < 1.29 is 14.9 Å². The first-order chi connectivity index (χ1) is 6.74. The van der Waals surface area contributed by atoms with Crippen molar-refractivity contribution in [1.82, 2.24) is 0 Å². The minimum Gasteiger partial charge on any atom is -0.508 e. The van der Waals surface area contributed by atoms with E-state index in [9.17, 15) is 10.2 Å². The van der Waals surface area contributed by atoms with E-state index in [1.54, 1.807) is 6.07 Å². The molecule has 0 unspecified atom stereocenters. The molecule has 74 valence electrons. The zero-order valence-electron chi connectivity index (χ0n) is 7.73. The van der Waals surface area contributed by atoms with Crippen LogP contribution in [0.5, 0.6) is 11.5 Å². The standard InChI is InChI=1S/C11H12O3/c12-7-3-6-4-8-1-2-10(14-8)11(6)9(13)5-7/h3,5,8,10,12-13H,1-2,4H2/t8-,10+/m1/s1. The van der Waals surface area contributed by atoms with Gasteiger partial charge in [0.25, 0.3) is 0 Å². The Kier molecular flexibility index (Phi) is 1.53. The number of rotatable bonds is 0. The highest BCUT2D eigenvalue weighted by Crippen LogP contribution is 2.45. The number of hydrogen-bond acceptors (Lipinski definition) is 3. The third-order valence-electron chi connectivity index (χ3n) is 3.11. The molecule has 2 aliphatic heterocycles. The smallest absolute Gasteiger partial charge is 0.125 e. The van der Waals surface area contributed by atoms with Gasteiger partial charge in [-0.15, -0.1) is 0 Å². The van der Waals surface area contributed by atoms with Crippen molar-refractivity contribution in [2.24, 2.45) is 0 Å². The van der Waals surface area contributed by atoms with Crippen molar-refractivity contribution in [1.29, 1.82) is 0 Å². The van der Waals surface area contributed by atoms with Crippen molar-refractivity contribution in [2.75, 3.05) is 0 Å². The second-order valence-corrected chi connectivity index (χ2v) is 4.07. The predicted molar refractivity (Wildman–Crippen MR) is 50.3 cm³/mol. The van der Waals surface area contributed by atoms with E-state index in [1.165, 1.54) is 6.07 Å². The quantitative estimate of drug-likeness (QED) is 0.659. The summed E-state index contributed by atoms with van der Waals surface area (Å²) in [7, 11) is 0. The van der Waals surface area contributed by atoms with Gasteiger partial charge in [-0.1, -0.05) is 0 Å². The molecule has 3 heteroatoms. The summed E-state index contributed by atoms with van der Waals surface area (Å²) in [5.41, 5.74) is 1.93. The summed E-state index contributed by atoms with van der Waals surface area (Å²) in [6.45, 7) is 0. The van der Waals surface area contributed by atoms with Gasteiger partial charge in [0.05, 0.1) is 12.2 Å². The number of aromatic hydroxyl groups is 2. The van der Waals surface area contributed by atoms with Crippen LogP contribution in [0.4, 0.5) is 0 Å². The normalized spacial score (nSPS) is 28.9. The molecule has 1 aromatic carbocycles. The van der Waals surface area contributed by atoms with E-state index >= 15 is 0 Å². The van der Waals surface area contributed by atoms with Gasteiger partial charge in [-0.05, 0) is 30.9 Å². The van der Waals surface area contributed by atoms with Gasteiger partial charge in [-0.25, -0.2) is 0 Å². The lowest BCUT2D eigenvalue weighted by atomic mass is 9.97. The van der Waals surface area contributed by atoms with Gasteiger partial charge in [0.1, 0.15) is 11.5 Å². The molecule has 2 heterocycles. The van der Waals surface area contributed by atoms with E-state index in [4.69, 9.17) is 4.74 Å². The second kappa shape index (κ2) is 2.64. The summed E-state index contributed by atoms with van der Waals surface area (Å²) >= 11 is 0. The molecule has 0 saturated carbocycles. The Balaban J connectivity index is 2.18. The number of ether oxygens (including phenoxy) is 1. The Hall–Kier alpha value is -1.22. The van der Waals surface area contributed by atoms with Crippen molar-refractivity contribution in [3.05, 3.63) is 23.3 Å². The van der Waals surface area contributed by atoms with Crippen molar-refractivity contribution in [2.45, 2.75) is 31.5 Å². The van der Waals surface area contributed by atoms with E-state index in [-0.39, 0.29) is 23.7 Å². The number of benzene rings is 1. The van der Waals surface area contributed by atoms with Crippen LogP contribution in [0.25, 0.3) is 0 Å². The molecular formula is C11H12O3. The van der Waals surface area contributed by atoms with Gasteiger partial charge in [-0.3, -0.25) is 0 Å². The summed E-state index contributed by atoms with van der Waals surface area (Å²) < 4.78 is 5.70. The highest BCUT2D eigenvalue weighted by Gasteiger charge is 2.35. The molecule has 1 fully saturated rings. The van der Waals surface area contributed by atoms with E-state index in [2.05, 4.69) is 0 Å². The van der Waals surface area contributed by atoms with Gasteiger partial charge >= 0.3 is 0 Å². The molecule has 0 radical (unpaired) electrons. The van der Waals surface area contributed by atoms with Crippen LogP contribution in [0, 0.1) is 0 Å². The van der Waals surface area contributed by atoms with Crippen LogP contribution in [-0.4, -0.2) is 16.3 Å². The number of phenols is 2. The lowest BCUT2D eigenvalue weighted by molar-refractivity contribution is 0.0308. The molecule has 1 aromatic rings. The highest BCUT2D eigenvalue weighted by molar-refractivity contribution is 5.48. The lowest BCUT2D eigenvalue weighted by Crippen LogP contribution is -2.17. The molecule has 0 amide bonds. The van der Waals surface area contributed by atoms with Crippen LogP contribution in [0.1, 0.15) is 30.1 Å². The number of hydrogen-bond donors (Lipinski definition) is 2. The zero-order chi connectivity index (χ0) is 9.71. The van der Waals surface area contributed by atoms with Gasteiger partial charge in [0, 0.05) is 11.6 Å². The molecule has 2 atom stereocenters. The van der Waals surface area contributed by atoms with Crippen molar-refractivity contribution in [3.63, 3.8) is 0 Å². The van der Waals surface area contributed by atoms with E-state index in [0.29, 0.717) is 0 Å². The van der Waals surface area contributed by atoms with Gasteiger partial charge in [0.15, 0.2) is 0 Å². The molecule has 2 bridgehead atoms. The summed E-state index contributed by atoms with van der Waals surface area (Å²) in [5, 5.41) is 19.1. The molecule has 3 nitrogen and oxygen atoms in total. The maximum absolute atomic E-state index is 9.72. The van der Waals surface area contributed by atoms with Crippen LogP contribution in [0.2, 0.25) is 0 Å². The highest BCUT2D eigenvalue weighted by atomic mass is 16.5.